The molecular formula is C12H12N2O3S. The van der Waals surface area contributed by atoms with Crippen LogP contribution in [0.25, 0.3) is 10.2 Å². The molecule has 2 heterocycles. The summed E-state index contributed by atoms with van der Waals surface area (Å²) in [6.07, 6.45) is 0. The molecule has 2 aromatic heterocycles. The summed E-state index contributed by atoms with van der Waals surface area (Å²) in [5.74, 6) is -1.17. The lowest BCUT2D eigenvalue weighted by molar-refractivity contribution is 0.0703. The number of thiophene rings is 1. The number of nitrogens with two attached hydrogens (primary N) is 1. The van der Waals surface area contributed by atoms with Crippen LogP contribution in [0.3, 0.4) is 0 Å². The molecule has 0 saturated carbocycles. The number of rotatable bonds is 2. The Morgan fingerprint density at radius 1 is 1.33 bits per heavy atom. The van der Waals surface area contributed by atoms with Gasteiger partial charge in [-0.1, -0.05) is 0 Å². The second-order valence-electron chi connectivity index (χ2n) is 4.08. The predicted molar refractivity (Wildman–Crippen MR) is 70.5 cm³/mol. The molecule has 0 atom stereocenters. The van der Waals surface area contributed by atoms with E-state index >= 15 is 0 Å². The van der Waals surface area contributed by atoms with Gasteiger partial charge in [-0.3, -0.25) is 4.79 Å². The Labute approximate surface area is 107 Å². The number of fused-ring (bicyclic) bond motifs is 1. The molecule has 2 aromatic rings. The number of carboxylic acids is 1. The molecule has 18 heavy (non-hydrogen) atoms. The number of anilines is 1. The number of carbonyl (C=O) groups is 2. The van der Waals surface area contributed by atoms with Gasteiger partial charge >= 0.3 is 5.97 Å². The van der Waals surface area contributed by atoms with Crippen LogP contribution >= 0.6 is 11.3 Å². The van der Waals surface area contributed by atoms with Crippen LogP contribution in [0.2, 0.25) is 0 Å². The molecule has 0 unspecified atom stereocenters. The Morgan fingerprint density at radius 2 is 1.94 bits per heavy atom. The standard InChI is InChI=1S/C12H12N2O3S/c1-4-7(6(3)15)5(2)14-11-8(4)9(13)10(18-11)12(16)17/h13H2,1-3H3,(H,16,17). The van der Waals surface area contributed by atoms with Crippen molar-refractivity contribution in [1.82, 2.24) is 4.98 Å². The summed E-state index contributed by atoms with van der Waals surface area (Å²) < 4.78 is 0. The fourth-order valence-electron chi connectivity index (χ4n) is 2.15. The maximum atomic E-state index is 11.6. The predicted octanol–water partition coefficient (Wildman–Crippen LogP) is 2.40. The van der Waals surface area contributed by atoms with E-state index in [0.717, 1.165) is 11.3 Å². The molecular weight excluding hydrogens is 252 g/mol. The summed E-state index contributed by atoms with van der Waals surface area (Å²) in [6, 6.07) is 0. The fraction of sp³-hybridized carbons (Fsp3) is 0.250. The van der Waals surface area contributed by atoms with E-state index in [1.807, 2.05) is 0 Å². The van der Waals surface area contributed by atoms with Gasteiger partial charge in [0.05, 0.1) is 11.4 Å². The third kappa shape index (κ3) is 1.65. The topological polar surface area (TPSA) is 93.3 Å². The molecule has 0 aliphatic rings. The van der Waals surface area contributed by atoms with Gasteiger partial charge in [-0.2, -0.15) is 0 Å². The summed E-state index contributed by atoms with van der Waals surface area (Å²) in [5, 5.41) is 9.62. The number of aryl methyl sites for hydroxylation is 2. The quantitative estimate of drug-likeness (QED) is 0.812. The van der Waals surface area contributed by atoms with Crippen molar-refractivity contribution in [2.75, 3.05) is 5.73 Å². The van der Waals surface area contributed by atoms with E-state index in [-0.39, 0.29) is 16.3 Å². The number of carbonyl (C=O) groups excluding carboxylic acids is 1. The molecule has 0 fully saturated rings. The minimum absolute atomic E-state index is 0.0701. The lowest BCUT2D eigenvalue weighted by Gasteiger charge is -2.07. The van der Waals surface area contributed by atoms with Crippen LogP contribution in [-0.4, -0.2) is 21.8 Å². The smallest absolute Gasteiger partial charge is 0.348 e. The van der Waals surface area contributed by atoms with E-state index < -0.39 is 5.97 Å². The molecule has 0 radical (unpaired) electrons. The zero-order valence-corrected chi connectivity index (χ0v) is 11.0. The number of nitrogen functional groups attached to an aromatic ring is 1. The molecule has 6 heteroatoms. The first-order valence-corrected chi connectivity index (χ1v) is 6.09. The van der Waals surface area contributed by atoms with Crippen molar-refractivity contribution in [3.05, 3.63) is 21.7 Å². The largest absolute Gasteiger partial charge is 0.477 e. The highest BCUT2D eigenvalue weighted by Crippen LogP contribution is 2.36. The van der Waals surface area contributed by atoms with Crippen molar-refractivity contribution in [3.63, 3.8) is 0 Å². The Hall–Kier alpha value is -1.95. The van der Waals surface area contributed by atoms with E-state index in [9.17, 15) is 9.59 Å². The minimum atomic E-state index is -1.07. The molecule has 0 amide bonds. The van der Waals surface area contributed by atoms with Gasteiger partial charge < -0.3 is 10.8 Å². The van der Waals surface area contributed by atoms with Crippen molar-refractivity contribution >= 4 is 39.0 Å². The number of ketones is 1. The first-order chi connectivity index (χ1) is 8.34. The van der Waals surface area contributed by atoms with Gasteiger partial charge in [0.25, 0.3) is 0 Å². The van der Waals surface area contributed by atoms with E-state index in [0.29, 0.717) is 27.0 Å². The minimum Gasteiger partial charge on any atom is -0.477 e. The van der Waals surface area contributed by atoms with E-state index in [1.165, 1.54) is 6.92 Å². The van der Waals surface area contributed by atoms with Crippen molar-refractivity contribution in [2.24, 2.45) is 0 Å². The highest BCUT2D eigenvalue weighted by atomic mass is 32.1. The van der Waals surface area contributed by atoms with Gasteiger partial charge in [0.2, 0.25) is 0 Å². The maximum absolute atomic E-state index is 11.6. The van der Waals surface area contributed by atoms with Gasteiger partial charge in [0.1, 0.15) is 9.71 Å². The molecule has 0 aromatic carbocycles. The third-order valence-corrected chi connectivity index (χ3v) is 3.94. The number of pyridine rings is 1. The highest BCUT2D eigenvalue weighted by Gasteiger charge is 2.21. The van der Waals surface area contributed by atoms with Crippen LogP contribution < -0.4 is 5.73 Å². The first-order valence-electron chi connectivity index (χ1n) is 5.28. The van der Waals surface area contributed by atoms with Crippen LogP contribution in [0.5, 0.6) is 0 Å². The number of aromatic carboxylic acids is 1. The van der Waals surface area contributed by atoms with Crippen LogP contribution in [0.15, 0.2) is 0 Å². The number of hydrogen-bond donors (Lipinski definition) is 2. The summed E-state index contributed by atoms with van der Waals surface area (Å²) in [4.78, 5) is 27.5. The van der Waals surface area contributed by atoms with Crippen LogP contribution in [0, 0.1) is 13.8 Å². The molecule has 0 bridgehead atoms. The second kappa shape index (κ2) is 4.06. The Morgan fingerprint density at radius 3 is 2.44 bits per heavy atom. The molecule has 3 N–H and O–H groups in total. The van der Waals surface area contributed by atoms with Crippen molar-refractivity contribution < 1.29 is 14.7 Å². The Bertz CT molecular complexity index is 688. The SMILES string of the molecule is CC(=O)c1c(C)nc2sc(C(=O)O)c(N)c2c1C. The van der Waals surface area contributed by atoms with Crippen LogP contribution in [0.1, 0.15) is 38.2 Å². The summed E-state index contributed by atoms with van der Waals surface area (Å²) >= 11 is 1.03. The van der Waals surface area contributed by atoms with Gasteiger partial charge in [-0.05, 0) is 26.3 Å². The first kappa shape index (κ1) is 12.5. The van der Waals surface area contributed by atoms with Gasteiger partial charge in [0.15, 0.2) is 5.78 Å². The lowest BCUT2D eigenvalue weighted by Crippen LogP contribution is -2.03. The van der Waals surface area contributed by atoms with Gasteiger partial charge in [-0.15, -0.1) is 11.3 Å². The summed E-state index contributed by atoms with van der Waals surface area (Å²) in [7, 11) is 0. The number of nitrogens with zero attached hydrogens (tertiary/aromatic N) is 1. The number of aromatic nitrogens is 1. The van der Waals surface area contributed by atoms with Gasteiger partial charge in [-0.25, -0.2) is 9.78 Å². The third-order valence-electron chi connectivity index (χ3n) is 2.85. The van der Waals surface area contributed by atoms with Crippen molar-refractivity contribution in [3.8, 4) is 0 Å². The van der Waals surface area contributed by atoms with Crippen molar-refractivity contribution in [2.45, 2.75) is 20.8 Å². The van der Waals surface area contributed by atoms with E-state index in [2.05, 4.69) is 4.98 Å². The molecule has 0 saturated heterocycles. The number of carboxylic acid groups (broad SMARTS) is 1. The lowest BCUT2D eigenvalue weighted by atomic mass is 10.0. The molecule has 0 aliphatic heterocycles. The zero-order chi connectivity index (χ0) is 13.6. The monoisotopic (exact) mass is 264 g/mol. The Kier molecular flexibility index (Phi) is 2.82. The van der Waals surface area contributed by atoms with Crippen molar-refractivity contribution in [1.29, 1.82) is 0 Å². The molecule has 94 valence electrons. The van der Waals surface area contributed by atoms with Crippen LogP contribution in [-0.2, 0) is 0 Å². The normalized spacial score (nSPS) is 10.8. The second-order valence-corrected chi connectivity index (χ2v) is 5.08. The molecule has 5 nitrogen and oxygen atoms in total. The summed E-state index contributed by atoms with van der Waals surface area (Å²) in [5.41, 5.74) is 7.85. The highest BCUT2D eigenvalue weighted by molar-refractivity contribution is 7.21. The fourth-order valence-corrected chi connectivity index (χ4v) is 3.20. The number of hydrogen-bond acceptors (Lipinski definition) is 5. The summed E-state index contributed by atoms with van der Waals surface area (Å²) in [6.45, 7) is 4.96. The Balaban J connectivity index is 2.93. The molecule has 2 rings (SSSR count). The van der Waals surface area contributed by atoms with Gasteiger partial charge in [0, 0.05) is 10.9 Å². The van der Waals surface area contributed by atoms with Crippen LogP contribution in [0.4, 0.5) is 5.69 Å². The molecule has 0 aliphatic carbocycles. The average Bonchev–Trinajstić information content (AvgIpc) is 2.55. The van der Waals surface area contributed by atoms with E-state index in [1.54, 1.807) is 13.8 Å². The zero-order valence-electron chi connectivity index (χ0n) is 10.2. The maximum Gasteiger partial charge on any atom is 0.348 e. The molecule has 0 spiro atoms. The number of Topliss-reactive ketones (excluding diaryl/α,β-unsaturated/α-hetero) is 1. The average molecular weight is 264 g/mol. The van der Waals surface area contributed by atoms with E-state index in [4.69, 9.17) is 10.8 Å².